The standard InChI is InChI=1S/C87H146O17P2/c1-5-9-13-17-21-25-29-33-37-39-40-42-46-48-52-56-60-64-68-72-85(90)98-78-83(104-87(92)74-70-66-62-58-54-50-44-36-32-28-24-20-16-12-8-4)80-102-106(95,96)100-76-81(88)75-99-105(93,94)101-79-82(103-86(91)73-69-65-61-57-53-49-43-35-31-27-23-19-15-11-7-3)77-97-84(89)71-67-63-59-55-51-47-45-41-38-34-30-26-22-18-14-10-6-2/h10-11,14-15,21-28,33-38,40,42-44,53,57,81-83,88H,5-9,12-13,16-20,29-32,39,41,45-52,54-56,58-80H2,1-4H3,(H,93,94)(H,95,96)/b14-10-,15-11-,25-21-,26-22-,27-23-,28-24-,37-33-,38-34-,42-40-,43-35-,44-36-,57-53-. The molecule has 0 radical (unpaired) electrons. The maximum Gasteiger partial charge on any atom is 0.472 e. The third-order valence-corrected chi connectivity index (χ3v) is 18.7. The smallest absolute Gasteiger partial charge is 0.462 e. The third kappa shape index (κ3) is 77.1. The molecule has 0 bridgehead atoms. The monoisotopic (exact) mass is 1530 g/mol. The van der Waals surface area contributed by atoms with Crippen molar-refractivity contribution in [1.82, 2.24) is 0 Å². The summed E-state index contributed by atoms with van der Waals surface area (Å²) in [7, 11) is -9.99. The molecule has 5 unspecified atom stereocenters. The topological polar surface area (TPSA) is 237 Å². The van der Waals surface area contributed by atoms with Crippen molar-refractivity contribution in [3.05, 3.63) is 146 Å². The summed E-state index contributed by atoms with van der Waals surface area (Å²) in [5.74, 6) is -2.26. The van der Waals surface area contributed by atoms with Crippen LogP contribution in [0.5, 0.6) is 0 Å². The lowest BCUT2D eigenvalue weighted by Gasteiger charge is -2.21. The van der Waals surface area contributed by atoms with E-state index in [2.05, 4.69) is 174 Å². The number of hydrogen-bond acceptors (Lipinski definition) is 15. The number of carbonyl (C=O) groups is 4. The van der Waals surface area contributed by atoms with Crippen LogP contribution in [0.3, 0.4) is 0 Å². The van der Waals surface area contributed by atoms with Gasteiger partial charge in [0.25, 0.3) is 0 Å². The Balaban J connectivity index is 5.42. The molecule has 17 nitrogen and oxygen atoms in total. The van der Waals surface area contributed by atoms with Crippen molar-refractivity contribution >= 4 is 39.5 Å². The summed E-state index contributed by atoms with van der Waals surface area (Å²) < 4.78 is 68.6. The quantitative estimate of drug-likeness (QED) is 0.0169. The molecule has 606 valence electrons. The molecule has 0 aromatic heterocycles. The van der Waals surface area contributed by atoms with Gasteiger partial charge >= 0.3 is 39.5 Å². The lowest BCUT2D eigenvalue weighted by Crippen LogP contribution is -2.30. The van der Waals surface area contributed by atoms with Crippen LogP contribution in [0.25, 0.3) is 0 Å². The maximum atomic E-state index is 13.1. The number of esters is 4. The van der Waals surface area contributed by atoms with E-state index in [1.165, 1.54) is 38.5 Å². The number of ether oxygens (including phenoxy) is 4. The number of aliphatic hydroxyl groups is 1. The lowest BCUT2D eigenvalue weighted by atomic mass is 10.1. The number of hydrogen-bond donors (Lipinski definition) is 3. The highest BCUT2D eigenvalue weighted by Crippen LogP contribution is 2.45. The average Bonchev–Trinajstić information content (AvgIpc) is 0.902. The van der Waals surface area contributed by atoms with Gasteiger partial charge in [-0.15, -0.1) is 0 Å². The lowest BCUT2D eigenvalue weighted by molar-refractivity contribution is -0.161. The van der Waals surface area contributed by atoms with Crippen molar-refractivity contribution in [2.75, 3.05) is 39.6 Å². The molecular formula is C87H146O17P2. The van der Waals surface area contributed by atoms with Gasteiger partial charge in [0.2, 0.25) is 0 Å². The molecule has 0 saturated heterocycles. The van der Waals surface area contributed by atoms with Crippen LogP contribution >= 0.6 is 15.6 Å². The molecule has 0 aliphatic rings. The van der Waals surface area contributed by atoms with E-state index in [9.17, 15) is 43.2 Å². The molecule has 0 spiro atoms. The van der Waals surface area contributed by atoms with E-state index in [1.54, 1.807) is 0 Å². The Morgan fingerprint density at radius 2 is 0.491 bits per heavy atom. The van der Waals surface area contributed by atoms with Crippen molar-refractivity contribution in [2.45, 2.75) is 341 Å². The molecule has 3 N–H and O–H groups in total. The molecule has 106 heavy (non-hydrogen) atoms. The van der Waals surface area contributed by atoms with E-state index in [1.807, 2.05) is 0 Å². The van der Waals surface area contributed by atoms with Gasteiger partial charge in [-0.05, 0) is 167 Å². The second-order valence-corrected chi connectivity index (χ2v) is 29.8. The van der Waals surface area contributed by atoms with Gasteiger partial charge in [-0.2, -0.15) is 0 Å². The minimum Gasteiger partial charge on any atom is -0.462 e. The van der Waals surface area contributed by atoms with E-state index in [0.29, 0.717) is 32.1 Å². The zero-order chi connectivity index (χ0) is 77.4. The second kappa shape index (κ2) is 78.1. The predicted octanol–water partition coefficient (Wildman–Crippen LogP) is 24.2. The van der Waals surface area contributed by atoms with Crippen LogP contribution < -0.4 is 0 Å². The summed E-state index contributed by atoms with van der Waals surface area (Å²) in [6, 6.07) is 0. The van der Waals surface area contributed by atoms with Gasteiger partial charge < -0.3 is 33.8 Å². The average molecular weight is 1530 g/mol. The van der Waals surface area contributed by atoms with E-state index in [-0.39, 0.29) is 25.7 Å². The normalized spacial score (nSPS) is 14.6. The van der Waals surface area contributed by atoms with Gasteiger partial charge in [0.05, 0.1) is 26.4 Å². The summed E-state index contributed by atoms with van der Waals surface area (Å²) >= 11 is 0. The molecule has 19 heteroatoms. The zero-order valence-corrected chi connectivity index (χ0v) is 68.1. The third-order valence-electron chi connectivity index (χ3n) is 16.8. The fraction of sp³-hybridized carbons (Fsp3) is 0.678. The summed E-state index contributed by atoms with van der Waals surface area (Å²) in [4.78, 5) is 73.1. The van der Waals surface area contributed by atoms with Crippen LogP contribution in [0.4, 0.5) is 0 Å². The summed E-state index contributed by atoms with van der Waals surface area (Å²) in [6.45, 7) is 4.52. The molecule has 5 atom stereocenters. The molecule has 0 rings (SSSR count). The molecule has 0 aliphatic carbocycles. The highest BCUT2D eigenvalue weighted by molar-refractivity contribution is 7.47. The fourth-order valence-electron chi connectivity index (χ4n) is 10.6. The van der Waals surface area contributed by atoms with E-state index in [0.717, 1.165) is 199 Å². The van der Waals surface area contributed by atoms with Crippen molar-refractivity contribution in [2.24, 2.45) is 0 Å². The summed E-state index contributed by atoms with van der Waals surface area (Å²) in [6.07, 6.45) is 89.6. The van der Waals surface area contributed by atoms with Gasteiger partial charge in [0.1, 0.15) is 19.3 Å². The first-order valence-electron chi connectivity index (χ1n) is 41.1. The van der Waals surface area contributed by atoms with Gasteiger partial charge in [0, 0.05) is 25.7 Å². The Bertz CT molecular complexity index is 2580. The Labute approximate surface area is 643 Å². The first-order valence-corrected chi connectivity index (χ1v) is 44.1. The largest absolute Gasteiger partial charge is 0.472 e. The molecular weight excluding hydrogens is 1380 g/mol. The zero-order valence-electron chi connectivity index (χ0n) is 66.3. The molecule has 0 aromatic rings. The van der Waals surface area contributed by atoms with Crippen molar-refractivity contribution in [1.29, 1.82) is 0 Å². The number of rotatable bonds is 76. The van der Waals surface area contributed by atoms with Gasteiger partial charge in [-0.1, -0.05) is 276 Å². The highest BCUT2D eigenvalue weighted by Gasteiger charge is 2.30. The molecule has 0 aliphatic heterocycles. The Morgan fingerprint density at radius 3 is 0.774 bits per heavy atom. The molecule has 0 fully saturated rings. The van der Waals surface area contributed by atoms with E-state index < -0.39 is 97.5 Å². The Hall–Kier alpha value is -5.06. The van der Waals surface area contributed by atoms with Gasteiger partial charge in [-0.3, -0.25) is 37.3 Å². The Kier molecular flexibility index (Phi) is 74.3. The van der Waals surface area contributed by atoms with Crippen LogP contribution in [0.15, 0.2) is 146 Å². The SMILES string of the molecule is CC/C=C\C/C=C\C/C=C\C/C=C\CCCCC(=O)OC(COC(=O)CCCCCCCCC/C=C\C/C=C\C/C=C\CC)COP(=O)(O)OCC(O)COP(=O)(O)OCC(COC(=O)CCCCCCCC/C=C\C/C=C\C/C=C\CCCCC)OC(=O)CCCCCCC/C=C\C/C=C\CCCCC. The van der Waals surface area contributed by atoms with Crippen LogP contribution in [-0.4, -0.2) is 96.7 Å². The number of unbranched alkanes of at least 4 members (excludes halogenated alkanes) is 26. The first kappa shape index (κ1) is 101. The Morgan fingerprint density at radius 1 is 0.274 bits per heavy atom. The number of aliphatic hydroxyl groups excluding tert-OH is 1. The van der Waals surface area contributed by atoms with Crippen LogP contribution in [-0.2, 0) is 65.4 Å². The molecule has 0 aromatic carbocycles. The fourth-order valence-corrected chi connectivity index (χ4v) is 12.1. The number of allylic oxidation sites excluding steroid dienone is 24. The second-order valence-electron chi connectivity index (χ2n) is 26.9. The number of phosphoric acid groups is 2. The van der Waals surface area contributed by atoms with Crippen LogP contribution in [0.1, 0.15) is 323 Å². The minimum absolute atomic E-state index is 0.0361. The first-order chi connectivity index (χ1) is 51.7. The van der Waals surface area contributed by atoms with Crippen molar-refractivity contribution in [3.8, 4) is 0 Å². The van der Waals surface area contributed by atoms with Crippen molar-refractivity contribution < 1.29 is 80.2 Å². The minimum atomic E-state index is -5.00. The summed E-state index contributed by atoms with van der Waals surface area (Å²) in [5, 5.41) is 10.7. The number of carbonyl (C=O) groups excluding carboxylic acids is 4. The molecule has 0 heterocycles. The predicted molar refractivity (Wildman–Crippen MR) is 436 cm³/mol. The highest BCUT2D eigenvalue weighted by atomic mass is 31.2. The van der Waals surface area contributed by atoms with E-state index in [4.69, 9.17) is 37.0 Å². The van der Waals surface area contributed by atoms with Crippen molar-refractivity contribution in [3.63, 3.8) is 0 Å². The number of phosphoric ester groups is 2. The molecule has 0 amide bonds. The van der Waals surface area contributed by atoms with Crippen LogP contribution in [0.2, 0.25) is 0 Å². The maximum absolute atomic E-state index is 13.1. The van der Waals surface area contributed by atoms with Gasteiger partial charge in [-0.25, -0.2) is 9.13 Å². The van der Waals surface area contributed by atoms with E-state index >= 15 is 0 Å². The van der Waals surface area contributed by atoms with Crippen LogP contribution in [0, 0.1) is 0 Å². The summed E-state index contributed by atoms with van der Waals surface area (Å²) in [5.41, 5.74) is 0. The molecule has 0 saturated carbocycles. The van der Waals surface area contributed by atoms with Gasteiger partial charge in [0.15, 0.2) is 12.2 Å².